The van der Waals surface area contributed by atoms with Crippen LogP contribution < -0.4 is 0 Å². The maximum atomic E-state index is 4.74. The van der Waals surface area contributed by atoms with E-state index in [1.807, 2.05) is 55.5 Å². The Kier molecular flexibility index (Phi) is 3.07. The summed E-state index contributed by atoms with van der Waals surface area (Å²) in [6, 6.07) is 16.1. The molecule has 0 aliphatic rings. The highest BCUT2D eigenvalue weighted by atomic mass is 14.9. The largest absolute Gasteiger partial charge is 0.342 e. The van der Waals surface area contributed by atoms with E-state index in [0.29, 0.717) is 0 Å². The van der Waals surface area contributed by atoms with Crippen LogP contribution in [0.5, 0.6) is 0 Å². The summed E-state index contributed by atoms with van der Waals surface area (Å²) in [4.78, 5) is 17.4. The summed E-state index contributed by atoms with van der Waals surface area (Å²) in [5.41, 5.74) is 6.03. The first-order valence-electron chi connectivity index (χ1n) is 7.45. The predicted octanol–water partition coefficient (Wildman–Crippen LogP) is 3.60. The van der Waals surface area contributed by atoms with E-state index in [1.54, 1.807) is 0 Å². The number of fused-ring (bicyclic) bond motifs is 2. The van der Waals surface area contributed by atoms with Gasteiger partial charge in [0.05, 0.1) is 33.5 Å². The first-order chi connectivity index (χ1) is 10.8. The summed E-state index contributed by atoms with van der Waals surface area (Å²) in [6.45, 7) is 2.02. The lowest BCUT2D eigenvalue weighted by Crippen LogP contribution is -2.01. The van der Waals surface area contributed by atoms with Crippen LogP contribution in [0.1, 0.15) is 17.2 Å². The molecule has 1 N–H and O–H groups in total. The van der Waals surface area contributed by atoms with Gasteiger partial charge in [-0.1, -0.05) is 24.3 Å². The highest BCUT2D eigenvalue weighted by Gasteiger charge is 2.07. The summed E-state index contributed by atoms with van der Waals surface area (Å²) in [6.07, 6.45) is 1.67. The zero-order valence-corrected chi connectivity index (χ0v) is 12.4. The molecule has 2 heterocycles. The number of H-pyrrole nitrogens is 1. The third-order valence-electron chi connectivity index (χ3n) is 3.88. The standard InChI is InChI=1S/C18H16N4/c1-12-13(20-15-7-3-2-6-14(15)19-12)10-11-18-21-16-8-4-5-9-17(16)22-18/h2-9H,10-11H2,1H3,(H,21,22). The van der Waals surface area contributed by atoms with Crippen molar-refractivity contribution in [3.63, 3.8) is 0 Å². The van der Waals surface area contributed by atoms with Crippen molar-refractivity contribution in [1.29, 1.82) is 0 Å². The van der Waals surface area contributed by atoms with Crippen molar-refractivity contribution in [3.8, 4) is 0 Å². The Morgan fingerprint density at radius 1 is 0.773 bits per heavy atom. The van der Waals surface area contributed by atoms with Gasteiger partial charge < -0.3 is 4.98 Å². The highest BCUT2D eigenvalue weighted by Crippen LogP contribution is 2.15. The topological polar surface area (TPSA) is 54.5 Å². The zero-order chi connectivity index (χ0) is 14.9. The summed E-state index contributed by atoms with van der Waals surface area (Å²) >= 11 is 0. The van der Waals surface area contributed by atoms with E-state index in [0.717, 1.165) is 52.1 Å². The maximum Gasteiger partial charge on any atom is 0.107 e. The Labute approximate surface area is 128 Å². The number of aromatic amines is 1. The molecule has 0 saturated carbocycles. The smallest absolute Gasteiger partial charge is 0.107 e. The minimum Gasteiger partial charge on any atom is -0.342 e. The average Bonchev–Trinajstić information content (AvgIpc) is 2.95. The van der Waals surface area contributed by atoms with Crippen LogP contribution in [0, 0.1) is 6.92 Å². The molecule has 0 spiro atoms. The van der Waals surface area contributed by atoms with E-state index < -0.39 is 0 Å². The van der Waals surface area contributed by atoms with Gasteiger partial charge in [0.25, 0.3) is 0 Å². The van der Waals surface area contributed by atoms with E-state index in [9.17, 15) is 0 Å². The van der Waals surface area contributed by atoms with Crippen LogP contribution in [0.25, 0.3) is 22.1 Å². The van der Waals surface area contributed by atoms with Gasteiger partial charge in [-0.15, -0.1) is 0 Å². The van der Waals surface area contributed by atoms with E-state index in [-0.39, 0.29) is 0 Å². The lowest BCUT2D eigenvalue weighted by Gasteiger charge is -2.05. The molecule has 0 unspecified atom stereocenters. The van der Waals surface area contributed by atoms with Crippen LogP contribution in [0.3, 0.4) is 0 Å². The monoisotopic (exact) mass is 288 g/mol. The molecule has 0 aliphatic carbocycles. The van der Waals surface area contributed by atoms with Gasteiger partial charge in [-0.2, -0.15) is 0 Å². The molecule has 2 aromatic heterocycles. The third kappa shape index (κ3) is 2.33. The van der Waals surface area contributed by atoms with Crippen LogP contribution in [0.4, 0.5) is 0 Å². The number of imidazole rings is 1. The normalized spacial score (nSPS) is 11.3. The van der Waals surface area contributed by atoms with Gasteiger partial charge in [0, 0.05) is 6.42 Å². The van der Waals surface area contributed by atoms with E-state index in [4.69, 9.17) is 4.98 Å². The molecule has 0 radical (unpaired) electrons. The van der Waals surface area contributed by atoms with Crippen molar-refractivity contribution in [1.82, 2.24) is 19.9 Å². The van der Waals surface area contributed by atoms with Crippen LogP contribution in [0.2, 0.25) is 0 Å². The quantitative estimate of drug-likeness (QED) is 0.626. The van der Waals surface area contributed by atoms with Crippen molar-refractivity contribution < 1.29 is 0 Å². The molecule has 0 amide bonds. The first kappa shape index (κ1) is 13.0. The van der Waals surface area contributed by atoms with Gasteiger partial charge in [-0.25, -0.2) is 15.0 Å². The van der Waals surface area contributed by atoms with Crippen LogP contribution in [-0.2, 0) is 12.8 Å². The fraction of sp³-hybridized carbons (Fsp3) is 0.167. The Bertz CT molecular complexity index is 923. The second kappa shape index (κ2) is 5.22. The molecule has 22 heavy (non-hydrogen) atoms. The van der Waals surface area contributed by atoms with Gasteiger partial charge in [-0.3, -0.25) is 0 Å². The van der Waals surface area contributed by atoms with Gasteiger partial charge >= 0.3 is 0 Å². The molecular formula is C18H16N4. The van der Waals surface area contributed by atoms with Crippen molar-refractivity contribution in [3.05, 3.63) is 65.7 Å². The number of aryl methyl sites for hydroxylation is 3. The summed E-state index contributed by atoms with van der Waals surface area (Å²) in [5, 5.41) is 0. The van der Waals surface area contributed by atoms with E-state index in [2.05, 4.69) is 15.0 Å². The Morgan fingerprint density at radius 2 is 1.45 bits per heavy atom. The molecule has 0 saturated heterocycles. The van der Waals surface area contributed by atoms with Crippen LogP contribution in [-0.4, -0.2) is 19.9 Å². The predicted molar refractivity (Wildman–Crippen MR) is 87.8 cm³/mol. The van der Waals surface area contributed by atoms with Crippen LogP contribution in [0.15, 0.2) is 48.5 Å². The molecule has 108 valence electrons. The van der Waals surface area contributed by atoms with Crippen molar-refractivity contribution in [2.75, 3.05) is 0 Å². The second-order valence-corrected chi connectivity index (χ2v) is 5.45. The molecule has 0 atom stereocenters. The van der Waals surface area contributed by atoms with Gasteiger partial charge in [0.15, 0.2) is 0 Å². The number of para-hydroxylation sites is 4. The fourth-order valence-electron chi connectivity index (χ4n) is 2.72. The molecule has 4 heteroatoms. The Morgan fingerprint density at radius 3 is 2.23 bits per heavy atom. The number of benzene rings is 2. The van der Waals surface area contributed by atoms with Gasteiger partial charge in [-0.05, 0) is 37.6 Å². The Hall–Kier alpha value is -2.75. The molecule has 4 rings (SSSR count). The van der Waals surface area contributed by atoms with Crippen LogP contribution >= 0.6 is 0 Å². The van der Waals surface area contributed by atoms with Gasteiger partial charge in [0.1, 0.15) is 5.82 Å². The van der Waals surface area contributed by atoms with Gasteiger partial charge in [0.2, 0.25) is 0 Å². The summed E-state index contributed by atoms with van der Waals surface area (Å²) < 4.78 is 0. The lowest BCUT2D eigenvalue weighted by atomic mass is 10.1. The number of hydrogen-bond donors (Lipinski definition) is 1. The molecule has 0 bridgehead atoms. The number of nitrogens with one attached hydrogen (secondary N) is 1. The highest BCUT2D eigenvalue weighted by molar-refractivity contribution is 5.75. The number of hydrogen-bond acceptors (Lipinski definition) is 3. The summed E-state index contributed by atoms with van der Waals surface area (Å²) in [5.74, 6) is 0.996. The SMILES string of the molecule is Cc1nc2ccccc2nc1CCc1nc2ccccc2[nH]1. The van der Waals surface area contributed by atoms with E-state index in [1.165, 1.54) is 0 Å². The number of nitrogens with zero attached hydrogens (tertiary/aromatic N) is 3. The Balaban J connectivity index is 1.61. The molecule has 4 aromatic rings. The third-order valence-corrected chi connectivity index (χ3v) is 3.88. The number of aromatic nitrogens is 4. The molecule has 4 nitrogen and oxygen atoms in total. The summed E-state index contributed by atoms with van der Waals surface area (Å²) in [7, 11) is 0. The average molecular weight is 288 g/mol. The minimum absolute atomic E-state index is 0.836. The van der Waals surface area contributed by atoms with Crippen molar-refractivity contribution >= 4 is 22.1 Å². The second-order valence-electron chi connectivity index (χ2n) is 5.45. The lowest BCUT2D eigenvalue weighted by molar-refractivity contribution is 0.848. The van der Waals surface area contributed by atoms with Crippen molar-refractivity contribution in [2.24, 2.45) is 0 Å². The molecule has 2 aromatic carbocycles. The maximum absolute atomic E-state index is 4.74. The number of rotatable bonds is 3. The first-order valence-corrected chi connectivity index (χ1v) is 7.45. The minimum atomic E-state index is 0.836. The molecular weight excluding hydrogens is 272 g/mol. The molecule has 0 aliphatic heterocycles. The fourth-order valence-corrected chi connectivity index (χ4v) is 2.72. The van der Waals surface area contributed by atoms with E-state index >= 15 is 0 Å². The van der Waals surface area contributed by atoms with Crippen molar-refractivity contribution in [2.45, 2.75) is 19.8 Å². The molecule has 0 fully saturated rings. The zero-order valence-electron chi connectivity index (χ0n) is 12.4.